The van der Waals surface area contributed by atoms with Crippen LogP contribution in [0.3, 0.4) is 0 Å². The van der Waals surface area contributed by atoms with Gasteiger partial charge in [-0.1, -0.05) is 0 Å². The normalized spacial score (nSPS) is 18.2. The summed E-state index contributed by atoms with van der Waals surface area (Å²) in [5.74, 6) is -0.281. The number of benzene rings is 1. The van der Waals surface area contributed by atoms with Gasteiger partial charge in [0, 0.05) is 55.7 Å². The lowest BCUT2D eigenvalue weighted by Crippen LogP contribution is -2.51. The van der Waals surface area contributed by atoms with Crippen LogP contribution in [0.2, 0.25) is 0 Å². The third kappa shape index (κ3) is 3.76. The van der Waals surface area contributed by atoms with E-state index in [1.165, 1.54) is 25.0 Å². The van der Waals surface area contributed by atoms with Crippen molar-refractivity contribution in [1.29, 1.82) is 0 Å². The molecule has 2 aromatic rings. The molecule has 2 aliphatic heterocycles. The van der Waals surface area contributed by atoms with E-state index in [0.29, 0.717) is 43.5 Å². The van der Waals surface area contributed by atoms with E-state index < -0.39 is 0 Å². The highest BCUT2D eigenvalue weighted by molar-refractivity contribution is 6.08. The Kier molecular flexibility index (Phi) is 5.35. The number of aromatic amines is 1. The SMILES string of the molecule is Cc1[nH]c2ccc(F)cc2c1C(=O)N1CCN(C(=O)CCN2CCCC2)CC1. The van der Waals surface area contributed by atoms with Crippen molar-refractivity contribution < 1.29 is 14.0 Å². The largest absolute Gasteiger partial charge is 0.358 e. The first-order valence-corrected chi connectivity index (χ1v) is 10.1. The average Bonchev–Trinajstić information content (AvgIpc) is 3.32. The number of carbonyl (C=O) groups is 2. The van der Waals surface area contributed by atoms with Crippen LogP contribution in [0.25, 0.3) is 10.9 Å². The van der Waals surface area contributed by atoms with E-state index in [9.17, 15) is 14.0 Å². The zero-order valence-corrected chi connectivity index (χ0v) is 16.3. The summed E-state index contributed by atoms with van der Waals surface area (Å²) in [7, 11) is 0. The molecular weight excluding hydrogens is 359 g/mol. The minimum Gasteiger partial charge on any atom is -0.358 e. The Balaban J connectivity index is 1.37. The van der Waals surface area contributed by atoms with Crippen LogP contribution in [0, 0.1) is 12.7 Å². The fourth-order valence-corrected chi connectivity index (χ4v) is 4.31. The maximum atomic E-state index is 13.7. The van der Waals surface area contributed by atoms with Gasteiger partial charge < -0.3 is 19.7 Å². The molecule has 150 valence electrons. The third-order valence-electron chi connectivity index (χ3n) is 5.92. The summed E-state index contributed by atoms with van der Waals surface area (Å²) in [6.45, 7) is 6.99. The van der Waals surface area contributed by atoms with Crippen molar-refractivity contribution in [3.63, 3.8) is 0 Å². The molecule has 0 unspecified atom stereocenters. The molecular formula is C21H27FN4O2. The standard InChI is InChI=1S/C21H27FN4O2/c1-15-20(17-14-16(22)4-5-18(17)23-15)21(28)26-12-10-25(11-13-26)19(27)6-9-24-7-2-3-8-24/h4-5,14,23H,2-3,6-13H2,1H3. The van der Waals surface area contributed by atoms with E-state index in [1.54, 1.807) is 11.0 Å². The number of nitrogens with zero attached hydrogens (tertiary/aromatic N) is 3. The molecule has 4 rings (SSSR count). The maximum Gasteiger partial charge on any atom is 0.256 e. The molecule has 7 heteroatoms. The molecule has 28 heavy (non-hydrogen) atoms. The maximum absolute atomic E-state index is 13.7. The molecule has 0 bridgehead atoms. The van der Waals surface area contributed by atoms with E-state index >= 15 is 0 Å². The summed E-state index contributed by atoms with van der Waals surface area (Å²) in [6.07, 6.45) is 3.01. The molecule has 2 amide bonds. The van der Waals surface area contributed by atoms with Gasteiger partial charge in [-0.05, 0) is 51.1 Å². The van der Waals surface area contributed by atoms with Gasteiger partial charge in [0.1, 0.15) is 5.82 Å². The monoisotopic (exact) mass is 386 g/mol. The van der Waals surface area contributed by atoms with Gasteiger partial charge in [-0.15, -0.1) is 0 Å². The lowest BCUT2D eigenvalue weighted by Gasteiger charge is -2.35. The van der Waals surface area contributed by atoms with Crippen molar-refractivity contribution in [3.8, 4) is 0 Å². The van der Waals surface area contributed by atoms with Crippen LogP contribution in [-0.4, -0.2) is 77.3 Å². The Morgan fingerprint density at radius 3 is 2.43 bits per heavy atom. The van der Waals surface area contributed by atoms with E-state index in [4.69, 9.17) is 0 Å². The van der Waals surface area contributed by atoms with Crippen LogP contribution in [0.5, 0.6) is 0 Å². The number of halogens is 1. The minimum absolute atomic E-state index is 0.0986. The number of rotatable bonds is 4. The first-order valence-electron chi connectivity index (χ1n) is 10.1. The first-order chi connectivity index (χ1) is 13.5. The summed E-state index contributed by atoms with van der Waals surface area (Å²) in [4.78, 5) is 34.7. The lowest BCUT2D eigenvalue weighted by atomic mass is 10.1. The van der Waals surface area contributed by atoms with Crippen LogP contribution in [0.15, 0.2) is 18.2 Å². The van der Waals surface area contributed by atoms with E-state index in [-0.39, 0.29) is 17.6 Å². The zero-order valence-electron chi connectivity index (χ0n) is 16.3. The molecule has 0 aliphatic carbocycles. The average molecular weight is 386 g/mol. The number of carbonyl (C=O) groups excluding carboxylic acids is 2. The second kappa shape index (κ2) is 7.91. The second-order valence-corrected chi connectivity index (χ2v) is 7.79. The van der Waals surface area contributed by atoms with Crippen molar-refractivity contribution in [3.05, 3.63) is 35.3 Å². The van der Waals surface area contributed by atoms with Crippen molar-refractivity contribution >= 4 is 22.7 Å². The van der Waals surface area contributed by atoms with Crippen LogP contribution in [0.4, 0.5) is 4.39 Å². The fraction of sp³-hybridized carbons (Fsp3) is 0.524. The number of aromatic nitrogens is 1. The molecule has 0 saturated carbocycles. The number of fused-ring (bicyclic) bond motifs is 1. The van der Waals surface area contributed by atoms with Gasteiger partial charge in [0.15, 0.2) is 0 Å². The van der Waals surface area contributed by atoms with E-state index in [2.05, 4.69) is 9.88 Å². The van der Waals surface area contributed by atoms with Gasteiger partial charge in [-0.25, -0.2) is 4.39 Å². The number of aryl methyl sites for hydroxylation is 1. The fourth-order valence-electron chi connectivity index (χ4n) is 4.31. The minimum atomic E-state index is -0.353. The molecule has 2 fully saturated rings. The molecule has 3 heterocycles. The molecule has 1 aromatic heterocycles. The number of hydrogen-bond donors (Lipinski definition) is 1. The summed E-state index contributed by atoms with van der Waals surface area (Å²) < 4.78 is 13.7. The second-order valence-electron chi connectivity index (χ2n) is 7.79. The summed E-state index contributed by atoms with van der Waals surface area (Å²) in [5.41, 5.74) is 2.04. The number of H-pyrrole nitrogens is 1. The summed E-state index contributed by atoms with van der Waals surface area (Å²) in [6, 6.07) is 4.45. The zero-order chi connectivity index (χ0) is 19.7. The number of piperazine rings is 1. The van der Waals surface area contributed by atoms with Gasteiger partial charge in [0.2, 0.25) is 5.91 Å². The third-order valence-corrected chi connectivity index (χ3v) is 5.92. The van der Waals surface area contributed by atoms with E-state index in [1.807, 2.05) is 11.8 Å². The predicted octanol–water partition coefficient (Wildman–Crippen LogP) is 2.39. The number of hydrogen-bond acceptors (Lipinski definition) is 3. The van der Waals surface area contributed by atoms with Gasteiger partial charge in [-0.2, -0.15) is 0 Å². The Morgan fingerprint density at radius 1 is 1.04 bits per heavy atom. The molecule has 0 radical (unpaired) electrons. The Morgan fingerprint density at radius 2 is 1.71 bits per heavy atom. The molecule has 1 aromatic carbocycles. The Hall–Kier alpha value is -2.41. The highest BCUT2D eigenvalue weighted by atomic mass is 19.1. The summed E-state index contributed by atoms with van der Waals surface area (Å²) in [5, 5.41) is 0.617. The van der Waals surface area contributed by atoms with Crippen molar-refractivity contribution in [1.82, 2.24) is 19.7 Å². The number of amides is 2. The molecule has 2 aliphatic rings. The molecule has 0 spiro atoms. The van der Waals surface area contributed by atoms with Gasteiger partial charge in [0.25, 0.3) is 5.91 Å². The van der Waals surface area contributed by atoms with E-state index in [0.717, 1.165) is 30.8 Å². The number of likely N-dealkylation sites (tertiary alicyclic amines) is 1. The van der Waals surface area contributed by atoms with Crippen LogP contribution in [-0.2, 0) is 4.79 Å². The Labute approximate surface area is 164 Å². The molecule has 0 atom stereocenters. The molecule has 1 N–H and O–H groups in total. The highest BCUT2D eigenvalue weighted by Gasteiger charge is 2.27. The van der Waals surface area contributed by atoms with Crippen molar-refractivity contribution in [2.24, 2.45) is 0 Å². The first kappa shape index (κ1) is 18.9. The van der Waals surface area contributed by atoms with Crippen molar-refractivity contribution in [2.75, 3.05) is 45.8 Å². The molecule has 2 saturated heterocycles. The van der Waals surface area contributed by atoms with Crippen molar-refractivity contribution in [2.45, 2.75) is 26.2 Å². The smallest absolute Gasteiger partial charge is 0.256 e. The van der Waals surface area contributed by atoms with Crippen LogP contribution in [0.1, 0.15) is 35.3 Å². The quantitative estimate of drug-likeness (QED) is 0.878. The molecule has 6 nitrogen and oxygen atoms in total. The lowest BCUT2D eigenvalue weighted by molar-refractivity contribution is -0.133. The Bertz CT molecular complexity index is 880. The van der Waals surface area contributed by atoms with Crippen LogP contribution >= 0.6 is 0 Å². The topological polar surface area (TPSA) is 59.7 Å². The van der Waals surface area contributed by atoms with Gasteiger partial charge in [-0.3, -0.25) is 9.59 Å². The van der Waals surface area contributed by atoms with Gasteiger partial charge in [0.05, 0.1) is 5.56 Å². The highest BCUT2D eigenvalue weighted by Crippen LogP contribution is 2.25. The number of nitrogens with one attached hydrogen (secondary N) is 1. The summed E-state index contributed by atoms with van der Waals surface area (Å²) >= 11 is 0. The van der Waals surface area contributed by atoms with Gasteiger partial charge >= 0.3 is 0 Å². The van der Waals surface area contributed by atoms with Crippen LogP contribution < -0.4 is 0 Å². The predicted molar refractivity (Wildman–Crippen MR) is 106 cm³/mol.